The number of aryl methyl sites for hydroxylation is 1. The van der Waals surface area contributed by atoms with E-state index in [1.165, 1.54) is 34.6 Å². The van der Waals surface area contributed by atoms with Gasteiger partial charge in [-0.2, -0.15) is 4.31 Å². The lowest BCUT2D eigenvalue weighted by atomic mass is 10.1. The zero-order valence-corrected chi connectivity index (χ0v) is 18.0. The number of nitro groups is 1. The van der Waals surface area contributed by atoms with Gasteiger partial charge in [-0.1, -0.05) is 0 Å². The van der Waals surface area contributed by atoms with Gasteiger partial charge in [-0.05, 0) is 49.7 Å². The van der Waals surface area contributed by atoms with Gasteiger partial charge in [-0.3, -0.25) is 14.9 Å². The number of anilines is 1. The summed E-state index contributed by atoms with van der Waals surface area (Å²) in [6, 6.07) is 8.80. The molecule has 1 aliphatic rings. The summed E-state index contributed by atoms with van der Waals surface area (Å²) in [6.07, 6.45) is 0. The average Bonchev–Trinajstić information content (AvgIpc) is 2.74. The Kier molecular flexibility index (Phi) is 6.88. The van der Waals surface area contributed by atoms with Gasteiger partial charge >= 0.3 is 0 Å². The summed E-state index contributed by atoms with van der Waals surface area (Å²) >= 11 is 0. The Balaban J connectivity index is 1.63. The second-order valence-corrected chi connectivity index (χ2v) is 8.93. The number of nitrogens with zero attached hydrogens (tertiary/aromatic N) is 2. The normalized spacial score (nSPS) is 14.8. The molecule has 2 aromatic carbocycles. The zero-order chi connectivity index (χ0) is 22.6. The molecule has 166 valence electrons. The Morgan fingerprint density at radius 3 is 2.42 bits per heavy atom. The van der Waals surface area contributed by atoms with E-state index >= 15 is 0 Å². The van der Waals surface area contributed by atoms with Gasteiger partial charge in [0.25, 0.3) is 11.6 Å². The second-order valence-electron chi connectivity index (χ2n) is 6.99. The van der Waals surface area contributed by atoms with Crippen LogP contribution in [0.3, 0.4) is 0 Å². The molecule has 3 rings (SSSR count). The number of nitro benzene ring substituents is 1. The van der Waals surface area contributed by atoms with E-state index in [1.54, 1.807) is 19.9 Å². The van der Waals surface area contributed by atoms with Crippen molar-refractivity contribution in [2.24, 2.45) is 0 Å². The minimum Gasteiger partial charge on any atom is -0.483 e. The lowest BCUT2D eigenvalue weighted by Crippen LogP contribution is -2.40. The third-order valence-corrected chi connectivity index (χ3v) is 6.78. The Morgan fingerprint density at radius 2 is 1.81 bits per heavy atom. The van der Waals surface area contributed by atoms with Gasteiger partial charge in [0.1, 0.15) is 5.75 Å². The van der Waals surface area contributed by atoms with E-state index in [0.717, 1.165) is 0 Å². The molecule has 31 heavy (non-hydrogen) atoms. The van der Waals surface area contributed by atoms with Crippen LogP contribution in [0.2, 0.25) is 0 Å². The fourth-order valence-corrected chi connectivity index (χ4v) is 4.63. The quantitative estimate of drug-likeness (QED) is 0.507. The summed E-state index contributed by atoms with van der Waals surface area (Å²) in [5.41, 5.74) is 1.34. The first-order valence-electron chi connectivity index (χ1n) is 9.55. The third-order valence-electron chi connectivity index (χ3n) is 4.86. The van der Waals surface area contributed by atoms with Gasteiger partial charge in [0.15, 0.2) is 6.61 Å². The van der Waals surface area contributed by atoms with Crippen molar-refractivity contribution in [2.75, 3.05) is 38.2 Å². The maximum atomic E-state index is 12.6. The van der Waals surface area contributed by atoms with Crippen molar-refractivity contribution in [3.8, 4) is 5.75 Å². The number of carbonyl (C=O) groups is 1. The Bertz CT molecular complexity index is 1080. The van der Waals surface area contributed by atoms with E-state index in [0.29, 0.717) is 43.1 Å². The lowest BCUT2D eigenvalue weighted by Gasteiger charge is -2.26. The minimum absolute atomic E-state index is 0.0851. The van der Waals surface area contributed by atoms with E-state index in [4.69, 9.17) is 9.47 Å². The third kappa shape index (κ3) is 5.19. The van der Waals surface area contributed by atoms with Crippen LogP contribution in [0.15, 0.2) is 41.3 Å². The molecule has 0 unspecified atom stereocenters. The summed E-state index contributed by atoms with van der Waals surface area (Å²) in [7, 11) is -3.61. The highest BCUT2D eigenvalue weighted by Crippen LogP contribution is 2.30. The van der Waals surface area contributed by atoms with Gasteiger partial charge in [0, 0.05) is 24.8 Å². The van der Waals surface area contributed by atoms with Crippen molar-refractivity contribution < 1.29 is 27.6 Å². The molecule has 1 heterocycles. The molecule has 0 atom stereocenters. The van der Waals surface area contributed by atoms with Crippen molar-refractivity contribution in [3.63, 3.8) is 0 Å². The summed E-state index contributed by atoms with van der Waals surface area (Å²) in [4.78, 5) is 23.0. The molecule has 1 saturated heterocycles. The van der Waals surface area contributed by atoms with E-state index in [-0.39, 0.29) is 22.9 Å². The maximum Gasteiger partial charge on any atom is 0.276 e. The first kappa shape index (κ1) is 22.7. The molecule has 11 heteroatoms. The molecular weight excluding hydrogens is 426 g/mol. The molecule has 1 aliphatic heterocycles. The zero-order valence-electron chi connectivity index (χ0n) is 17.2. The number of morpholine rings is 1. The highest BCUT2D eigenvalue weighted by atomic mass is 32.2. The van der Waals surface area contributed by atoms with Crippen molar-refractivity contribution in [2.45, 2.75) is 18.7 Å². The number of benzene rings is 2. The number of rotatable bonds is 7. The van der Waals surface area contributed by atoms with E-state index < -0.39 is 20.9 Å². The number of sulfonamides is 1. The lowest BCUT2D eigenvalue weighted by molar-refractivity contribution is -0.385. The molecule has 1 N–H and O–H groups in total. The van der Waals surface area contributed by atoms with Crippen LogP contribution < -0.4 is 10.1 Å². The molecule has 0 radical (unpaired) electrons. The van der Waals surface area contributed by atoms with Gasteiger partial charge < -0.3 is 14.8 Å². The van der Waals surface area contributed by atoms with E-state index in [2.05, 4.69) is 5.32 Å². The summed E-state index contributed by atoms with van der Waals surface area (Å²) in [6.45, 7) is 4.26. The van der Waals surface area contributed by atoms with Crippen molar-refractivity contribution in [1.29, 1.82) is 0 Å². The molecule has 2 aromatic rings. The van der Waals surface area contributed by atoms with Gasteiger partial charge in [-0.25, -0.2) is 8.42 Å². The molecule has 0 saturated carbocycles. The number of amides is 1. The number of hydrogen-bond acceptors (Lipinski definition) is 7. The Morgan fingerprint density at radius 1 is 1.16 bits per heavy atom. The maximum absolute atomic E-state index is 12.6. The number of ether oxygens (including phenoxy) is 2. The van der Waals surface area contributed by atoms with Crippen LogP contribution in [0.25, 0.3) is 0 Å². The molecule has 0 bridgehead atoms. The van der Waals surface area contributed by atoms with Crippen LogP contribution in [0.4, 0.5) is 11.4 Å². The first-order chi connectivity index (χ1) is 14.7. The predicted molar refractivity (Wildman–Crippen MR) is 113 cm³/mol. The number of hydrogen-bond donors (Lipinski definition) is 1. The average molecular weight is 449 g/mol. The van der Waals surface area contributed by atoms with Gasteiger partial charge in [-0.15, -0.1) is 0 Å². The van der Waals surface area contributed by atoms with E-state index in [9.17, 15) is 23.3 Å². The Hall–Kier alpha value is -3.02. The van der Waals surface area contributed by atoms with Crippen LogP contribution in [0.5, 0.6) is 5.75 Å². The number of carbonyl (C=O) groups excluding carboxylic acids is 1. The van der Waals surface area contributed by atoms with Crippen LogP contribution in [-0.2, 0) is 19.6 Å². The predicted octanol–water partition coefficient (Wildman–Crippen LogP) is 2.25. The second kappa shape index (κ2) is 9.41. The van der Waals surface area contributed by atoms with Gasteiger partial charge in [0.2, 0.25) is 10.0 Å². The highest BCUT2D eigenvalue weighted by molar-refractivity contribution is 7.89. The molecule has 1 fully saturated rings. The monoisotopic (exact) mass is 449 g/mol. The Labute approximate surface area is 180 Å². The molecular formula is C20H23N3O7S. The summed E-state index contributed by atoms with van der Waals surface area (Å²) < 4.78 is 37.3. The SMILES string of the molecule is Cc1ccc([N+](=O)[O-])c(C)c1OCC(=O)Nc1ccc(S(=O)(=O)N2CCOCC2)cc1. The largest absolute Gasteiger partial charge is 0.483 e. The molecule has 10 nitrogen and oxygen atoms in total. The standard InChI is InChI=1S/C20H23N3O7S/c1-14-3-8-18(23(25)26)15(2)20(14)30-13-19(24)21-16-4-6-17(7-5-16)31(27,28)22-9-11-29-12-10-22/h3-8H,9-13H2,1-2H3,(H,21,24). The number of nitrogens with one attached hydrogen (secondary N) is 1. The fourth-order valence-electron chi connectivity index (χ4n) is 3.22. The van der Waals surface area contributed by atoms with Crippen molar-refractivity contribution >= 4 is 27.3 Å². The van der Waals surface area contributed by atoms with Crippen LogP contribution >= 0.6 is 0 Å². The minimum atomic E-state index is -3.61. The van der Waals surface area contributed by atoms with Gasteiger partial charge in [0.05, 0.1) is 28.6 Å². The topological polar surface area (TPSA) is 128 Å². The van der Waals surface area contributed by atoms with E-state index in [1.807, 2.05) is 0 Å². The smallest absolute Gasteiger partial charge is 0.276 e. The molecule has 1 amide bonds. The fraction of sp³-hybridized carbons (Fsp3) is 0.350. The highest BCUT2D eigenvalue weighted by Gasteiger charge is 2.26. The van der Waals surface area contributed by atoms with Crippen LogP contribution in [-0.4, -0.2) is 56.5 Å². The van der Waals surface area contributed by atoms with Crippen molar-refractivity contribution in [1.82, 2.24) is 4.31 Å². The summed E-state index contributed by atoms with van der Waals surface area (Å²) in [5, 5.41) is 13.7. The first-order valence-corrected chi connectivity index (χ1v) is 11.0. The molecule has 0 aromatic heterocycles. The molecule has 0 aliphatic carbocycles. The van der Waals surface area contributed by atoms with Crippen LogP contribution in [0.1, 0.15) is 11.1 Å². The summed E-state index contributed by atoms with van der Waals surface area (Å²) in [5.74, 6) is -0.189. The molecule has 0 spiro atoms. The van der Waals surface area contributed by atoms with Crippen LogP contribution in [0, 0.1) is 24.0 Å². The van der Waals surface area contributed by atoms with Crippen molar-refractivity contribution in [3.05, 3.63) is 57.6 Å².